The molecule has 8 nitrogen and oxygen atoms in total. The van der Waals surface area contributed by atoms with Crippen molar-refractivity contribution in [2.75, 3.05) is 11.2 Å². The molecule has 0 bridgehead atoms. The molecule has 2 rings (SSSR count). The highest BCUT2D eigenvalue weighted by Crippen LogP contribution is 2.34. The number of nitrogens with zero attached hydrogens (tertiary/aromatic N) is 2. The smallest absolute Gasteiger partial charge is 0.382 e. The molecule has 0 amide bonds. The van der Waals surface area contributed by atoms with E-state index in [1.54, 1.807) is 0 Å². The minimum Gasteiger partial charge on any atom is -0.382 e. The van der Waals surface area contributed by atoms with Crippen LogP contribution in [0, 0.1) is 0 Å². The minimum absolute atomic E-state index is 0.0748. The van der Waals surface area contributed by atoms with E-state index in [4.69, 9.17) is 5.73 Å². The monoisotopic (exact) mass is 276 g/mol. The summed E-state index contributed by atoms with van der Waals surface area (Å²) in [6.07, 6.45) is 4.28. The lowest BCUT2D eigenvalue weighted by Crippen LogP contribution is -2.22. The highest BCUT2D eigenvalue weighted by molar-refractivity contribution is 7.82. The predicted molar refractivity (Wildman–Crippen MR) is 65.0 cm³/mol. The lowest BCUT2D eigenvalue weighted by Gasteiger charge is -2.12. The van der Waals surface area contributed by atoms with Crippen LogP contribution in [0.1, 0.15) is 32.6 Å². The van der Waals surface area contributed by atoms with Crippen LogP contribution in [0.2, 0.25) is 0 Å². The largest absolute Gasteiger partial charge is 0.472 e. The van der Waals surface area contributed by atoms with Crippen LogP contribution in [-0.2, 0) is 21.2 Å². The Morgan fingerprint density at radius 2 is 2.17 bits per heavy atom. The summed E-state index contributed by atoms with van der Waals surface area (Å²) >= 11 is 0. The summed E-state index contributed by atoms with van der Waals surface area (Å²) in [7, 11) is -4.07. The first-order chi connectivity index (χ1) is 8.53. The lowest BCUT2D eigenvalue weighted by atomic mass is 10.2. The molecule has 1 aromatic heterocycles. The van der Waals surface area contributed by atoms with Crippen molar-refractivity contribution in [2.45, 2.75) is 39.2 Å². The Kier molecular flexibility index (Phi) is 3.62. The van der Waals surface area contributed by atoms with E-state index >= 15 is 0 Å². The Balaban J connectivity index is 2.08. The Morgan fingerprint density at radius 1 is 1.39 bits per heavy atom. The normalized spacial score (nSPS) is 16.7. The molecule has 0 aliphatic carbocycles. The first-order valence-corrected chi connectivity index (χ1v) is 7.12. The molecule has 1 aromatic rings. The summed E-state index contributed by atoms with van der Waals surface area (Å²) in [6, 6.07) is 0. The number of unbranched alkanes of at least 4 members (excludes halogenated alkanes) is 3. The quantitative estimate of drug-likeness (QED) is 0.773. The number of hydrogen-bond donors (Lipinski definition) is 2. The van der Waals surface area contributed by atoms with Crippen LogP contribution in [0.25, 0.3) is 0 Å². The van der Waals surface area contributed by atoms with E-state index in [0.29, 0.717) is 12.4 Å². The van der Waals surface area contributed by atoms with Gasteiger partial charge in [-0.1, -0.05) is 26.2 Å². The third-order valence-electron chi connectivity index (χ3n) is 2.61. The van der Waals surface area contributed by atoms with Crippen molar-refractivity contribution in [2.24, 2.45) is 0 Å². The Morgan fingerprint density at radius 3 is 2.89 bits per heavy atom. The fraction of sp³-hybridized carbons (Fsp3) is 0.667. The molecule has 0 saturated heterocycles. The molecule has 3 N–H and O–H groups in total. The van der Waals surface area contributed by atoms with Gasteiger partial charge in [-0.25, -0.2) is 10.2 Å². The van der Waals surface area contributed by atoms with Crippen molar-refractivity contribution in [3.05, 3.63) is 0 Å². The summed E-state index contributed by atoms with van der Waals surface area (Å²) in [6.45, 7) is 2.74. The van der Waals surface area contributed by atoms with Gasteiger partial charge in [0.2, 0.25) is 0 Å². The number of anilines is 2. The third-order valence-corrected chi connectivity index (χ3v) is 3.26. The average Bonchev–Trinajstić information content (AvgIpc) is 2.60. The van der Waals surface area contributed by atoms with Gasteiger partial charge in [0.1, 0.15) is 0 Å². The van der Waals surface area contributed by atoms with Gasteiger partial charge in [-0.3, -0.25) is 0 Å². The number of nitrogen functional groups attached to an aromatic ring is 1. The van der Waals surface area contributed by atoms with Gasteiger partial charge in [-0.2, -0.15) is 8.42 Å². The van der Waals surface area contributed by atoms with Gasteiger partial charge < -0.3 is 9.92 Å². The molecule has 18 heavy (non-hydrogen) atoms. The summed E-state index contributed by atoms with van der Waals surface area (Å²) in [5, 5.41) is 3.99. The number of aryl methyl sites for hydroxylation is 1. The van der Waals surface area contributed by atoms with E-state index in [9.17, 15) is 8.42 Å². The minimum atomic E-state index is -4.07. The van der Waals surface area contributed by atoms with E-state index in [-0.39, 0.29) is 11.6 Å². The molecule has 9 heteroatoms. The molecule has 1 aliphatic rings. The highest BCUT2D eigenvalue weighted by atomic mass is 32.3. The van der Waals surface area contributed by atoms with E-state index in [0.717, 1.165) is 25.7 Å². The van der Waals surface area contributed by atoms with Crippen molar-refractivity contribution in [3.63, 3.8) is 0 Å². The maximum Gasteiger partial charge on any atom is 0.472 e. The number of aromatic nitrogens is 2. The lowest BCUT2D eigenvalue weighted by molar-refractivity contribution is 0.305. The summed E-state index contributed by atoms with van der Waals surface area (Å²) < 4.78 is 32.5. The number of nitrogens with two attached hydrogens (primary N) is 1. The molecule has 1 aliphatic heterocycles. The van der Waals surface area contributed by atoms with E-state index in [2.05, 4.69) is 26.0 Å². The molecule has 0 radical (unpaired) electrons. The maximum atomic E-state index is 11.0. The van der Waals surface area contributed by atoms with Crippen molar-refractivity contribution in [3.8, 4) is 5.88 Å². The zero-order valence-electron chi connectivity index (χ0n) is 10.0. The second-order valence-corrected chi connectivity index (χ2v) is 5.18. The van der Waals surface area contributed by atoms with Gasteiger partial charge in [-0.15, -0.1) is 9.38 Å². The maximum absolute atomic E-state index is 11.0. The second kappa shape index (κ2) is 5.02. The van der Waals surface area contributed by atoms with Crippen molar-refractivity contribution in [1.29, 1.82) is 0 Å². The second-order valence-electron chi connectivity index (χ2n) is 4.03. The Labute approximate surface area is 105 Å². The summed E-state index contributed by atoms with van der Waals surface area (Å²) in [5.74, 6) is 0.227. The fourth-order valence-corrected chi connectivity index (χ4v) is 2.20. The molecule has 0 unspecified atom stereocenters. The van der Waals surface area contributed by atoms with Gasteiger partial charge in [0.25, 0.3) is 5.88 Å². The third kappa shape index (κ3) is 2.67. The standard InChI is InChI=1S/C9H16N4O4S/c1-2-3-4-5-6-13-8(10)7-9(11-13)16-18(14,15)17-12-7/h12H,2-6,10H2,1H3. The molecule has 2 heterocycles. The van der Waals surface area contributed by atoms with Crippen LogP contribution >= 0.6 is 0 Å². The van der Waals surface area contributed by atoms with E-state index in [1.807, 2.05) is 0 Å². The summed E-state index contributed by atoms with van der Waals surface area (Å²) in [4.78, 5) is 0. The van der Waals surface area contributed by atoms with Gasteiger partial charge in [0, 0.05) is 6.54 Å². The van der Waals surface area contributed by atoms with Crippen molar-refractivity contribution in [1.82, 2.24) is 9.78 Å². The molecular formula is C9H16N4O4S. The zero-order valence-corrected chi connectivity index (χ0v) is 10.9. The number of rotatable bonds is 5. The van der Waals surface area contributed by atoms with E-state index < -0.39 is 10.4 Å². The van der Waals surface area contributed by atoms with Crippen LogP contribution in [0.5, 0.6) is 5.88 Å². The predicted octanol–water partition coefficient (Wildman–Crippen LogP) is 1.03. The molecular weight excluding hydrogens is 260 g/mol. The molecule has 0 fully saturated rings. The topological polar surface area (TPSA) is 108 Å². The highest BCUT2D eigenvalue weighted by Gasteiger charge is 2.29. The molecule has 102 valence electrons. The first kappa shape index (κ1) is 13.0. The van der Waals surface area contributed by atoms with Crippen molar-refractivity contribution >= 4 is 21.9 Å². The molecule has 0 atom stereocenters. The summed E-state index contributed by atoms with van der Waals surface area (Å²) in [5.41, 5.74) is 8.28. The van der Waals surface area contributed by atoms with Crippen LogP contribution < -0.4 is 15.4 Å². The molecule has 0 saturated carbocycles. The van der Waals surface area contributed by atoms with Gasteiger partial charge in [0.15, 0.2) is 11.5 Å². The van der Waals surface area contributed by atoms with E-state index in [1.165, 1.54) is 4.68 Å². The average molecular weight is 276 g/mol. The van der Waals surface area contributed by atoms with Crippen molar-refractivity contribution < 1.29 is 16.9 Å². The number of hydrogen-bond acceptors (Lipinski definition) is 7. The van der Waals surface area contributed by atoms with Crippen LogP contribution in [0.15, 0.2) is 0 Å². The van der Waals surface area contributed by atoms with Crippen LogP contribution in [0.3, 0.4) is 0 Å². The molecule has 0 aromatic carbocycles. The Bertz CT molecular complexity index is 525. The zero-order chi connectivity index (χ0) is 13.2. The van der Waals surface area contributed by atoms with Crippen LogP contribution in [-0.4, -0.2) is 18.2 Å². The van der Waals surface area contributed by atoms with Gasteiger partial charge in [-0.05, 0) is 6.42 Å². The SMILES string of the molecule is CCCCCCn1nc2c(c1N)NOS(=O)(=O)O2. The van der Waals surface area contributed by atoms with Gasteiger partial charge in [0.05, 0.1) is 0 Å². The number of fused-ring (bicyclic) bond motifs is 1. The molecule has 0 spiro atoms. The van der Waals surface area contributed by atoms with Gasteiger partial charge >= 0.3 is 10.4 Å². The first-order valence-electron chi connectivity index (χ1n) is 5.78. The fourth-order valence-electron chi connectivity index (χ4n) is 1.67. The number of nitrogens with one attached hydrogen (secondary N) is 1. The Hall–Kier alpha value is -1.48. The van der Waals surface area contributed by atoms with Crippen LogP contribution in [0.4, 0.5) is 11.5 Å².